The van der Waals surface area contributed by atoms with Crippen molar-refractivity contribution < 1.29 is 62.9 Å². The van der Waals surface area contributed by atoms with Gasteiger partial charge in [-0.2, -0.15) is 0 Å². The van der Waals surface area contributed by atoms with E-state index >= 15 is 0 Å². The van der Waals surface area contributed by atoms with Crippen LogP contribution in [-0.2, 0) is 49.6 Å². The second kappa shape index (κ2) is 27.7. The lowest BCUT2D eigenvalue weighted by Gasteiger charge is -2.18. The molecule has 0 saturated carbocycles. The Morgan fingerprint density at radius 2 is 1.23 bits per heavy atom. The summed E-state index contributed by atoms with van der Waals surface area (Å²) in [6.07, 6.45) is 1.56. The summed E-state index contributed by atoms with van der Waals surface area (Å²) in [5.74, 6) is -6.95. The number of carbonyl (C=O) groups is 9. The van der Waals surface area contributed by atoms with Gasteiger partial charge in [0.1, 0.15) is 11.9 Å². The topological polar surface area (TPSA) is 316 Å². The van der Waals surface area contributed by atoms with E-state index in [-0.39, 0.29) is 37.9 Å². The van der Waals surface area contributed by atoms with Crippen LogP contribution in [0.4, 0.5) is 4.39 Å². The summed E-state index contributed by atoms with van der Waals surface area (Å²) in [7, 11) is 0. The number of carbonyl (C=O) groups excluding carboxylic acids is 6. The number of carboxylic acid groups (broad SMARTS) is 3. The van der Waals surface area contributed by atoms with E-state index in [1.165, 1.54) is 12.1 Å². The average molecular weight is 790 g/mol. The maximum atomic E-state index is 12.6. The molecule has 3 aromatic rings. The number of H-pyrrole nitrogens is 1. The molecule has 0 saturated heterocycles. The number of amides is 6. The van der Waals surface area contributed by atoms with Gasteiger partial charge in [-0.25, -0.2) is 4.39 Å². The first-order valence-electron chi connectivity index (χ1n) is 17.0. The third-order valence-corrected chi connectivity index (χ3v) is 6.68. The lowest BCUT2D eigenvalue weighted by Crippen LogP contribution is -2.52. The predicted octanol–water partition coefficient (Wildman–Crippen LogP) is 0.106. The van der Waals surface area contributed by atoms with Crippen molar-refractivity contribution >= 4 is 64.3 Å². The number of rotatable bonds is 17. The van der Waals surface area contributed by atoms with Crippen molar-refractivity contribution in [1.29, 1.82) is 0 Å². The van der Waals surface area contributed by atoms with Gasteiger partial charge in [-0.15, -0.1) is 0 Å². The Morgan fingerprint density at radius 3 is 1.71 bits per heavy atom. The van der Waals surface area contributed by atoms with Crippen molar-refractivity contribution in [2.75, 3.05) is 26.2 Å². The summed E-state index contributed by atoms with van der Waals surface area (Å²) >= 11 is 0. The Morgan fingerprint density at radius 1 is 0.696 bits per heavy atom. The summed E-state index contributed by atoms with van der Waals surface area (Å²) in [5.41, 5.74) is 7.61. The highest BCUT2D eigenvalue weighted by Gasteiger charge is 2.23. The van der Waals surface area contributed by atoms with E-state index in [0.29, 0.717) is 0 Å². The van der Waals surface area contributed by atoms with Crippen LogP contribution < -0.4 is 32.3 Å². The molecule has 19 nitrogen and oxygen atoms in total. The molecule has 11 N–H and O–H groups in total. The predicted molar refractivity (Wildman–Crippen MR) is 199 cm³/mol. The largest absolute Gasteiger partial charge is 0.481 e. The molecule has 0 aliphatic rings. The fraction of sp³-hybridized carbons (Fsp3) is 0.361. The van der Waals surface area contributed by atoms with Crippen molar-refractivity contribution in [3.05, 3.63) is 71.7 Å². The van der Waals surface area contributed by atoms with Gasteiger partial charge in [0.2, 0.25) is 35.4 Å². The zero-order chi connectivity index (χ0) is 42.6. The van der Waals surface area contributed by atoms with Crippen LogP contribution in [0.25, 0.3) is 10.9 Å². The van der Waals surface area contributed by atoms with Gasteiger partial charge in [0, 0.05) is 42.8 Å². The minimum atomic E-state index is -1.15. The van der Waals surface area contributed by atoms with Gasteiger partial charge in [-0.05, 0) is 36.2 Å². The second-order valence-corrected chi connectivity index (χ2v) is 11.4. The number of benzene rings is 2. The molecule has 306 valence electrons. The highest BCUT2D eigenvalue weighted by Crippen LogP contribution is 2.19. The summed E-state index contributed by atoms with van der Waals surface area (Å²) < 4.78 is 12.2. The average Bonchev–Trinajstić information content (AvgIpc) is 3.56. The molecule has 0 bridgehead atoms. The number of fused-ring (bicyclic) bond motifs is 1. The number of aromatic amines is 1. The van der Waals surface area contributed by atoms with Crippen LogP contribution >= 0.6 is 0 Å². The fourth-order valence-electron chi connectivity index (χ4n) is 3.85. The molecule has 0 radical (unpaired) electrons. The number of aromatic nitrogens is 1. The Kier molecular flexibility index (Phi) is 24.3. The Hall–Kier alpha value is -6.86. The van der Waals surface area contributed by atoms with Crippen molar-refractivity contribution in [3.63, 3.8) is 0 Å². The second-order valence-electron chi connectivity index (χ2n) is 11.4. The molecule has 6 amide bonds. The summed E-state index contributed by atoms with van der Waals surface area (Å²) in [5, 5.41) is 36.4. The summed E-state index contributed by atoms with van der Waals surface area (Å²) in [6, 6.07) is 12.8. The number of nitrogens with one attached hydrogen (secondary N) is 6. The van der Waals surface area contributed by atoms with Crippen molar-refractivity contribution in [2.45, 2.75) is 58.9 Å². The molecule has 0 fully saturated rings. The first-order chi connectivity index (χ1) is 26.4. The molecule has 1 unspecified atom stereocenters. The van der Waals surface area contributed by atoms with E-state index < -0.39 is 85.6 Å². The van der Waals surface area contributed by atoms with Crippen molar-refractivity contribution in [3.8, 4) is 0 Å². The molecular formula is C36H48FN7O12. The molecule has 1 heterocycles. The maximum Gasteiger partial charge on any atom is 0.303 e. The summed E-state index contributed by atoms with van der Waals surface area (Å²) in [6.45, 7) is 3.19. The van der Waals surface area contributed by atoms with Crippen LogP contribution in [0.15, 0.2) is 54.7 Å². The highest BCUT2D eigenvalue weighted by atomic mass is 19.1. The Bertz CT molecular complexity index is 1770. The van der Waals surface area contributed by atoms with E-state index in [1.807, 2.05) is 37.3 Å². The monoisotopic (exact) mass is 789 g/mol. The molecule has 0 aliphatic heterocycles. The first kappa shape index (κ1) is 49.1. The lowest BCUT2D eigenvalue weighted by molar-refractivity contribution is -0.139. The zero-order valence-electron chi connectivity index (χ0n) is 31.1. The van der Waals surface area contributed by atoms with Crippen LogP contribution in [0.2, 0.25) is 0 Å². The molecule has 1 atom stereocenters. The van der Waals surface area contributed by atoms with Gasteiger partial charge in [-0.1, -0.05) is 44.2 Å². The standard InChI is InChI=1S/C23H29N7O8.C7H7F.2C3H6O2/c24-17(31)9-29-23(38)16(7-13-8-25-15-4-2-1-3-14(13)15)30-21(35)12-28-20(34)11-27-19(33)10-26-18(32)5-6-22(36)37;1-6-3-2-4-7(8)5-6;2*1-2-3(4)5/h1-4,8,16,25H,5-7,9-12H2,(H2,24,31)(H,26,32)(H,27,33)(H,28,34)(H,29,38)(H,30,35)(H,36,37);2-5H,1H3;2*2H2,1H3,(H,4,5). The SMILES string of the molecule is CCC(=O)O.CCC(=O)O.Cc1cccc(F)c1.NC(=O)CNC(=O)C(Cc1c[nH]c2ccccc12)NC(=O)CNC(=O)CNC(=O)CNC(=O)CCC(=O)O. The molecule has 56 heavy (non-hydrogen) atoms. The van der Waals surface area contributed by atoms with E-state index in [2.05, 4.69) is 31.6 Å². The number of nitrogens with two attached hydrogens (primary N) is 1. The van der Waals surface area contributed by atoms with Gasteiger partial charge in [-0.3, -0.25) is 43.2 Å². The van der Waals surface area contributed by atoms with Gasteiger partial charge >= 0.3 is 17.9 Å². The number of carboxylic acids is 3. The van der Waals surface area contributed by atoms with Gasteiger partial charge < -0.3 is 52.6 Å². The summed E-state index contributed by atoms with van der Waals surface area (Å²) in [4.78, 5) is 103. The molecule has 0 aliphatic carbocycles. The van der Waals surface area contributed by atoms with E-state index in [0.717, 1.165) is 22.0 Å². The smallest absolute Gasteiger partial charge is 0.303 e. The lowest BCUT2D eigenvalue weighted by atomic mass is 10.0. The van der Waals surface area contributed by atoms with Gasteiger partial charge in [0.05, 0.1) is 32.6 Å². The van der Waals surface area contributed by atoms with E-state index in [4.69, 9.17) is 21.1 Å². The molecule has 0 spiro atoms. The fourth-order valence-corrected chi connectivity index (χ4v) is 3.85. The van der Waals surface area contributed by atoms with Crippen LogP contribution in [0, 0.1) is 12.7 Å². The third-order valence-electron chi connectivity index (χ3n) is 6.68. The Balaban J connectivity index is 0.00000137. The van der Waals surface area contributed by atoms with Crippen LogP contribution in [0.5, 0.6) is 0 Å². The Labute approximate surface area is 321 Å². The van der Waals surface area contributed by atoms with Crippen molar-refractivity contribution in [2.24, 2.45) is 5.73 Å². The number of para-hydroxylation sites is 1. The molecule has 3 rings (SSSR count). The van der Waals surface area contributed by atoms with Crippen LogP contribution in [-0.4, -0.2) is 106 Å². The molecule has 1 aromatic heterocycles. The zero-order valence-corrected chi connectivity index (χ0v) is 31.1. The number of hydrogen-bond acceptors (Lipinski definition) is 9. The van der Waals surface area contributed by atoms with Crippen LogP contribution in [0.3, 0.4) is 0 Å². The van der Waals surface area contributed by atoms with Gasteiger partial charge in [0.15, 0.2) is 0 Å². The molecule has 2 aromatic carbocycles. The first-order valence-corrected chi connectivity index (χ1v) is 17.0. The minimum Gasteiger partial charge on any atom is -0.481 e. The minimum absolute atomic E-state index is 0.0859. The third kappa shape index (κ3) is 24.4. The number of hydrogen-bond donors (Lipinski definition) is 10. The normalized spacial score (nSPS) is 10.2. The molecule has 20 heteroatoms. The van der Waals surface area contributed by atoms with Gasteiger partial charge in [0.25, 0.3) is 0 Å². The van der Waals surface area contributed by atoms with Crippen molar-refractivity contribution in [1.82, 2.24) is 31.6 Å². The van der Waals surface area contributed by atoms with Crippen LogP contribution in [0.1, 0.15) is 50.7 Å². The van der Waals surface area contributed by atoms with E-state index in [9.17, 15) is 47.5 Å². The number of aliphatic carboxylic acids is 3. The number of aryl methyl sites for hydroxylation is 1. The quantitative estimate of drug-likeness (QED) is 0.0871. The highest BCUT2D eigenvalue weighted by molar-refractivity contribution is 5.94. The number of halogens is 1. The molecular weight excluding hydrogens is 741 g/mol. The maximum absolute atomic E-state index is 12.6. The van der Waals surface area contributed by atoms with E-state index in [1.54, 1.807) is 26.1 Å². The number of primary amides is 1.